The largest absolute Gasteiger partial charge is 0.390 e. The molecular weight excluding hydrogens is 267 g/mol. The van der Waals surface area contributed by atoms with Gasteiger partial charge in [0.15, 0.2) is 0 Å². The third-order valence-electron chi connectivity index (χ3n) is 2.98. The van der Waals surface area contributed by atoms with Crippen LogP contribution in [0.15, 0.2) is 18.2 Å². The fourth-order valence-electron chi connectivity index (χ4n) is 1.93. The summed E-state index contributed by atoms with van der Waals surface area (Å²) in [6.45, 7) is 4.09. The molecule has 2 heterocycles. The second-order valence-electron chi connectivity index (χ2n) is 4.15. The highest BCUT2D eigenvalue weighted by Crippen LogP contribution is 2.41. The molecule has 0 aliphatic rings. The van der Waals surface area contributed by atoms with Crippen LogP contribution in [0.4, 0.5) is 9.39 Å². The summed E-state index contributed by atoms with van der Waals surface area (Å²) in [6.07, 6.45) is 0. The van der Waals surface area contributed by atoms with Crippen LogP contribution in [0.3, 0.4) is 0 Å². The van der Waals surface area contributed by atoms with Crippen molar-refractivity contribution in [1.29, 1.82) is 0 Å². The number of nitrogens with two attached hydrogens (primary N) is 1. The number of fused-ring (bicyclic) bond motifs is 1. The van der Waals surface area contributed by atoms with Crippen molar-refractivity contribution in [2.75, 3.05) is 5.73 Å². The molecule has 3 aromatic rings. The zero-order valence-electron chi connectivity index (χ0n) is 9.95. The number of hydrogen-bond donors (Lipinski definition) is 1. The Morgan fingerprint density at radius 2 is 2.00 bits per heavy atom. The SMILES string of the molecule is Cc1sc(N)c(-c2nc3cc(F)ccc3s2)c1C. The van der Waals surface area contributed by atoms with Crippen LogP contribution in [-0.4, -0.2) is 4.98 Å². The summed E-state index contributed by atoms with van der Waals surface area (Å²) in [4.78, 5) is 5.69. The van der Waals surface area contributed by atoms with E-state index in [1.54, 1.807) is 28.7 Å². The van der Waals surface area contributed by atoms with E-state index in [0.717, 1.165) is 25.8 Å². The van der Waals surface area contributed by atoms with Crippen LogP contribution in [0.1, 0.15) is 10.4 Å². The van der Waals surface area contributed by atoms with Gasteiger partial charge in [-0.15, -0.1) is 22.7 Å². The standard InChI is InChI=1S/C13H11FN2S2/c1-6-7(2)17-12(15)11(6)13-16-9-5-8(14)3-4-10(9)18-13/h3-5H,15H2,1-2H3. The normalized spacial score (nSPS) is 11.3. The lowest BCUT2D eigenvalue weighted by molar-refractivity contribution is 0.629. The molecule has 0 aliphatic carbocycles. The highest BCUT2D eigenvalue weighted by atomic mass is 32.1. The average molecular weight is 278 g/mol. The van der Waals surface area contributed by atoms with Crippen LogP contribution in [0, 0.1) is 19.7 Å². The second kappa shape index (κ2) is 4.03. The molecular formula is C13H11FN2S2. The Labute approximate surface area is 112 Å². The van der Waals surface area contributed by atoms with E-state index in [9.17, 15) is 4.39 Å². The van der Waals surface area contributed by atoms with Crippen molar-refractivity contribution < 1.29 is 4.39 Å². The topological polar surface area (TPSA) is 38.9 Å². The van der Waals surface area contributed by atoms with E-state index < -0.39 is 0 Å². The molecule has 0 aliphatic heterocycles. The maximum atomic E-state index is 13.2. The number of halogens is 1. The van der Waals surface area contributed by atoms with E-state index >= 15 is 0 Å². The van der Waals surface area contributed by atoms with Gasteiger partial charge in [0, 0.05) is 16.5 Å². The summed E-state index contributed by atoms with van der Waals surface area (Å²) in [5, 5.41) is 1.65. The van der Waals surface area contributed by atoms with Crippen molar-refractivity contribution in [3.63, 3.8) is 0 Å². The molecule has 2 N–H and O–H groups in total. The molecule has 0 saturated heterocycles. The lowest BCUT2D eigenvalue weighted by atomic mass is 10.2. The number of nitrogens with zero attached hydrogens (tertiary/aromatic N) is 1. The van der Waals surface area contributed by atoms with Crippen LogP contribution in [0.25, 0.3) is 20.8 Å². The van der Waals surface area contributed by atoms with Gasteiger partial charge in [0.25, 0.3) is 0 Å². The van der Waals surface area contributed by atoms with E-state index in [1.165, 1.54) is 17.0 Å². The molecule has 0 radical (unpaired) electrons. The molecule has 0 bridgehead atoms. The van der Waals surface area contributed by atoms with Gasteiger partial charge < -0.3 is 5.73 Å². The van der Waals surface area contributed by atoms with Crippen molar-refractivity contribution in [3.05, 3.63) is 34.5 Å². The first-order valence-electron chi connectivity index (χ1n) is 5.48. The summed E-state index contributed by atoms with van der Waals surface area (Å²) in [5.41, 5.74) is 8.89. The Bertz CT molecular complexity index is 743. The van der Waals surface area contributed by atoms with E-state index in [2.05, 4.69) is 4.98 Å². The zero-order valence-corrected chi connectivity index (χ0v) is 11.6. The first kappa shape index (κ1) is 11.6. The smallest absolute Gasteiger partial charge is 0.127 e. The number of aromatic nitrogens is 1. The maximum Gasteiger partial charge on any atom is 0.127 e. The third kappa shape index (κ3) is 1.71. The van der Waals surface area contributed by atoms with Crippen molar-refractivity contribution in [1.82, 2.24) is 4.98 Å². The van der Waals surface area contributed by atoms with Gasteiger partial charge in [-0.05, 0) is 31.5 Å². The predicted molar refractivity (Wildman–Crippen MR) is 76.8 cm³/mol. The molecule has 18 heavy (non-hydrogen) atoms. The van der Waals surface area contributed by atoms with E-state index in [0.29, 0.717) is 5.52 Å². The minimum absolute atomic E-state index is 0.259. The van der Waals surface area contributed by atoms with Crippen LogP contribution >= 0.6 is 22.7 Å². The molecule has 2 nitrogen and oxygen atoms in total. The van der Waals surface area contributed by atoms with Gasteiger partial charge in [0.1, 0.15) is 10.8 Å². The molecule has 0 spiro atoms. The van der Waals surface area contributed by atoms with Crippen molar-refractivity contribution in [2.24, 2.45) is 0 Å². The van der Waals surface area contributed by atoms with Gasteiger partial charge in [-0.2, -0.15) is 0 Å². The number of nitrogen functional groups attached to an aromatic ring is 1. The lowest BCUT2D eigenvalue weighted by Gasteiger charge is -1.96. The van der Waals surface area contributed by atoms with Crippen LogP contribution in [0.5, 0.6) is 0 Å². The third-order valence-corrected chi connectivity index (χ3v) is 5.07. The fourth-order valence-corrected chi connectivity index (χ4v) is 3.99. The van der Waals surface area contributed by atoms with Gasteiger partial charge in [-0.1, -0.05) is 0 Å². The number of hydrogen-bond acceptors (Lipinski definition) is 4. The highest BCUT2D eigenvalue weighted by molar-refractivity contribution is 7.22. The van der Waals surface area contributed by atoms with E-state index in [4.69, 9.17) is 5.73 Å². The molecule has 0 fully saturated rings. The summed E-state index contributed by atoms with van der Waals surface area (Å²) in [6, 6.07) is 4.68. The van der Waals surface area contributed by atoms with Gasteiger partial charge in [0.2, 0.25) is 0 Å². The number of thiophene rings is 1. The molecule has 92 valence electrons. The van der Waals surface area contributed by atoms with Crippen LogP contribution in [0.2, 0.25) is 0 Å². The number of benzene rings is 1. The number of thiazole rings is 1. The first-order chi connectivity index (χ1) is 8.56. The molecule has 1 aromatic carbocycles. The Morgan fingerprint density at radius 3 is 2.67 bits per heavy atom. The van der Waals surface area contributed by atoms with Crippen molar-refractivity contribution in [3.8, 4) is 10.6 Å². The summed E-state index contributed by atoms with van der Waals surface area (Å²) in [7, 11) is 0. The zero-order chi connectivity index (χ0) is 12.9. The van der Waals surface area contributed by atoms with E-state index in [1.807, 2.05) is 13.8 Å². The Kier molecular flexibility index (Phi) is 2.60. The second-order valence-corrected chi connectivity index (χ2v) is 6.44. The Hall–Kier alpha value is -1.46. The molecule has 3 rings (SSSR count). The number of anilines is 1. The van der Waals surface area contributed by atoms with Crippen LogP contribution in [-0.2, 0) is 0 Å². The van der Waals surface area contributed by atoms with Gasteiger partial charge in [0.05, 0.1) is 15.2 Å². The molecule has 0 saturated carbocycles. The van der Waals surface area contributed by atoms with Crippen LogP contribution < -0.4 is 5.73 Å². The minimum atomic E-state index is -0.259. The fraction of sp³-hybridized carbons (Fsp3) is 0.154. The maximum absolute atomic E-state index is 13.2. The summed E-state index contributed by atoms with van der Waals surface area (Å²) >= 11 is 3.12. The van der Waals surface area contributed by atoms with E-state index in [-0.39, 0.29) is 5.82 Å². The molecule has 0 atom stereocenters. The van der Waals surface area contributed by atoms with Crippen molar-refractivity contribution in [2.45, 2.75) is 13.8 Å². The Morgan fingerprint density at radius 1 is 1.22 bits per heavy atom. The van der Waals surface area contributed by atoms with Gasteiger partial charge >= 0.3 is 0 Å². The van der Waals surface area contributed by atoms with Gasteiger partial charge in [-0.25, -0.2) is 9.37 Å². The Balaban J connectivity index is 2.25. The predicted octanol–water partition coefficient (Wildman–Crippen LogP) is 4.36. The monoisotopic (exact) mass is 278 g/mol. The van der Waals surface area contributed by atoms with Crippen molar-refractivity contribution >= 4 is 37.9 Å². The summed E-state index contributed by atoms with van der Waals surface area (Å²) in [5.74, 6) is -0.259. The molecule has 5 heteroatoms. The average Bonchev–Trinajstić information content (AvgIpc) is 2.80. The van der Waals surface area contributed by atoms with Gasteiger partial charge in [-0.3, -0.25) is 0 Å². The number of aryl methyl sites for hydroxylation is 1. The minimum Gasteiger partial charge on any atom is -0.390 e. The lowest BCUT2D eigenvalue weighted by Crippen LogP contribution is -1.85. The molecule has 0 unspecified atom stereocenters. The first-order valence-corrected chi connectivity index (χ1v) is 7.11. The molecule has 0 amide bonds. The summed E-state index contributed by atoms with van der Waals surface area (Å²) < 4.78 is 14.1. The molecule has 2 aromatic heterocycles. The number of rotatable bonds is 1. The quantitative estimate of drug-likeness (QED) is 0.718. The highest BCUT2D eigenvalue weighted by Gasteiger charge is 2.16.